The van der Waals surface area contributed by atoms with Crippen LogP contribution in [0.3, 0.4) is 0 Å². The van der Waals surface area contributed by atoms with Crippen LogP contribution in [0, 0.1) is 0 Å². The number of ether oxygens (including phenoxy) is 2. The molecule has 2 aromatic carbocycles. The number of benzene rings is 2. The van der Waals surface area contributed by atoms with Gasteiger partial charge in [-0.2, -0.15) is 0 Å². The highest BCUT2D eigenvalue weighted by Gasteiger charge is 2.29. The number of hydrogen-bond donors (Lipinski definition) is 4. The monoisotopic (exact) mass is 379 g/mol. The van der Waals surface area contributed by atoms with Crippen LogP contribution in [0.15, 0.2) is 48.7 Å². The van der Waals surface area contributed by atoms with E-state index >= 15 is 0 Å². The topological polar surface area (TPSA) is 78.5 Å². The fourth-order valence-electron chi connectivity index (χ4n) is 3.50. The Labute approximate surface area is 164 Å². The number of hydrogen-bond acceptors (Lipinski definition) is 5. The summed E-state index contributed by atoms with van der Waals surface area (Å²) in [5, 5.41) is 17.4. The minimum atomic E-state index is -0.294. The van der Waals surface area contributed by atoms with Gasteiger partial charge in [-0.05, 0) is 30.7 Å². The zero-order valence-corrected chi connectivity index (χ0v) is 16.1. The zero-order valence-electron chi connectivity index (χ0n) is 16.1. The summed E-state index contributed by atoms with van der Waals surface area (Å²) in [6, 6.07) is 13.5. The molecule has 4 rings (SSSR count). The number of aromatic hydroxyl groups is 1. The van der Waals surface area contributed by atoms with Gasteiger partial charge >= 0.3 is 0 Å². The summed E-state index contributed by atoms with van der Waals surface area (Å²) in [5.74, 6) is 1.61. The molecule has 3 aromatic rings. The van der Waals surface area contributed by atoms with Gasteiger partial charge in [0.1, 0.15) is 11.5 Å². The van der Waals surface area contributed by atoms with E-state index in [1.54, 1.807) is 13.3 Å². The molecule has 0 spiro atoms. The Balaban J connectivity index is 1.76. The maximum Gasteiger partial charge on any atom is 0.196 e. The van der Waals surface area contributed by atoms with E-state index in [-0.39, 0.29) is 11.9 Å². The standard InChI is InChI=1S/C22H25N3O3/c1-3-4-11-28-14-9-10-15(19(12-14)27-2)21-20-18(13-23-22(20)26)24-16-7-5-6-8-17(16)25-21/h5-10,12-13,21,23-26H,3-4,11H2,1-2H3. The molecule has 0 saturated heterocycles. The second-order valence-electron chi connectivity index (χ2n) is 6.82. The molecule has 146 valence electrons. The number of H-pyrrole nitrogens is 1. The van der Waals surface area contributed by atoms with Gasteiger partial charge in [-0.1, -0.05) is 25.5 Å². The molecule has 1 aliphatic heterocycles. The van der Waals surface area contributed by atoms with Gasteiger partial charge in [0.25, 0.3) is 0 Å². The molecule has 4 N–H and O–H groups in total. The van der Waals surface area contributed by atoms with Gasteiger partial charge in [0.2, 0.25) is 0 Å². The Kier molecular flexibility index (Phi) is 5.02. The normalized spacial score (nSPS) is 14.9. The highest BCUT2D eigenvalue weighted by molar-refractivity contribution is 5.81. The summed E-state index contributed by atoms with van der Waals surface area (Å²) in [6.07, 6.45) is 3.87. The van der Waals surface area contributed by atoms with E-state index in [4.69, 9.17) is 9.47 Å². The maximum absolute atomic E-state index is 10.5. The molecule has 2 heterocycles. The molecule has 0 saturated carbocycles. The third-order valence-electron chi connectivity index (χ3n) is 4.97. The van der Waals surface area contributed by atoms with Gasteiger partial charge < -0.3 is 30.2 Å². The number of methoxy groups -OCH3 is 1. The first-order valence-electron chi connectivity index (χ1n) is 9.54. The van der Waals surface area contributed by atoms with Crippen molar-refractivity contribution in [1.29, 1.82) is 0 Å². The van der Waals surface area contributed by atoms with Gasteiger partial charge in [-0.15, -0.1) is 0 Å². The molecule has 0 bridgehead atoms. The minimum Gasteiger partial charge on any atom is -0.496 e. The lowest BCUT2D eigenvalue weighted by molar-refractivity contribution is 0.306. The fraction of sp³-hybridized carbons (Fsp3) is 0.273. The number of fused-ring (bicyclic) bond motifs is 2. The molecule has 1 unspecified atom stereocenters. The number of nitrogens with one attached hydrogen (secondary N) is 3. The van der Waals surface area contributed by atoms with E-state index in [0.717, 1.165) is 46.8 Å². The molecule has 1 aromatic heterocycles. The van der Waals surface area contributed by atoms with Crippen molar-refractivity contribution >= 4 is 17.1 Å². The first-order chi connectivity index (χ1) is 13.7. The Bertz CT molecular complexity index is 967. The second-order valence-corrected chi connectivity index (χ2v) is 6.82. The lowest BCUT2D eigenvalue weighted by Gasteiger charge is -2.22. The molecule has 6 nitrogen and oxygen atoms in total. The van der Waals surface area contributed by atoms with Gasteiger partial charge in [0.15, 0.2) is 5.88 Å². The van der Waals surface area contributed by atoms with E-state index in [1.807, 2.05) is 42.5 Å². The highest BCUT2D eigenvalue weighted by Crippen LogP contribution is 2.46. The molecule has 0 fully saturated rings. The van der Waals surface area contributed by atoms with E-state index in [9.17, 15) is 5.11 Å². The van der Waals surface area contributed by atoms with Crippen molar-refractivity contribution in [3.63, 3.8) is 0 Å². The average Bonchev–Trinajstić information content (AvgIpc) is 2.98. The van der Waals surface area contributed by atoms with Crippen molar-refractivity contribution in [1.82, 2.24) is 4.98 Å². The van der Waals surface area contributed by atoms with Crippen LogP contribution in [-0.4, -0.2) is 23.8 Å². The van der Waals surface area contributed by atoms with E-state index in [2.05, 4.69) is 22.5 Å². The Morgan fingerprint density at radius 1 is 1.07 bits per heavy atom. The van der Waals surface area contributed by atoms with Crippen molar-refractivity contribution < 1.29 is 14.6 Å². The Hall–Kier alpha value is -3.28. The highest BCUT2D eigenvalue weighted by atomic mass is 16.5. The summed E-state index contributed by atoms with van der Waals surface area (Å²) in [4.78, 5) is 2.91. The number of unbranched alkanes of at least 4 members (excludes halogenated alkanes) is 1. The summed E-state index contributed by atoms with van der Waals surface area (Å²) >= 11 is 0. The predicted molar refractivity (Wildman–Crippen MR) is 111 cm³/mol. The quantitative estimate of drug-likeness (QED) is 0.445. The minimum absolute atomic E-state index is 0.123. The largest absolute Gasteiger partial charge is 0.496 e. The van der Waals surface area contributed by atoms with Crippen molar-refractivity contribution in [2.45, 2.75) is 25.8 Å². The third-order valence-corrected chi connectivity index (χ3v) is 4.97. The molecule has 1 atom stereocenters. The van der Waals surface area contributed by atoms with Gasteiger partial charge in [-0.3, -0.25) is 0 Å². The van der Waals surface area contributed by atoms with Gasteiger partial charge in [0, 0.05) is 17.8 Å². The van der Waals surface area contributed by atoms with Crippen molar-refractivity contribution in [3.8, 4) is 17.4 Å². The van der Waals surface area contributed by atoms with Crippen molar-refractivity contribution in [3.05, 3.63) is 59.8 Å². The molecule has 28 heavy (non-hydrogen) atoms. The van der Waals surface area contributed by atoms with E-state index in [1.165, 1.54) is 0 Å². The fourth-order valence-corrected chi connectivity index (χ4v) is 3.50. The molecular weight excluding hydrogens is 354 g/mol. The zero-order chi connectivity index (χ0) is 19.5. The number of aromatic amines is 1. The number of rotatable bonds is 6. The third kappa shape index (κ3) is 3.33. The molecule has 0 radical (unpaired) electrons. The Morgan fingerprint density at radius 2 is 1.89 bits per heavy atom. The van der Waals surface area contributed by atoms with Crippen molar-refractivity contribution in [2.24, 2.45) is 0 Å². The molecule has 0 aliphatic carbocycles. The van der Waals surface area contributed by atoms with Crippen LogP contribution in [0.4, 0.5) is 17.1 Å². The van der Waals surface area contributed by atoms with Crippen LogP contribution in [0.1, 0.15) is 36.9 Å². The number of anilines is 3. The number of aromatic nitrogens is 1. The lowest BCUT2D eigenvalue weighted by Crippen LogP contribution is -2.12. The van der Waals surface area contributed by atoms with Crippen molar-refractivity contribution in [2.75, 3.05) is 24.4 Å². The van der Waals surface area contributed by atoms with Crippen LogP contribution in [0.25, 0.3) is 0 Å². The SMILES string of the molecule is CCCCOc1ccc(C2Nc3ccccc3Nc3c[nH]c(O)c32)c(OC)c1. The Morgan fingerprint density at radius 3 is 2.68 bits per heavy atom. The maximum atomic E-state index is 10.5. The van der Waals surface area contributed by atoms with E-state index in [0.29, 0.717) is 12.4 Å². The lowest BCUT2D eigenvalue weighted by atomic mass is 9.98. The first-order valence-corrected chi connectivity index (χ1v) is 9.54. The van der Waals surface area contributed by atoms with Gasteiger partial charge in [-0.25, -0.2) is 0 Å². The second kappa shape index (κ2) is 7.76. The summed E-state index contributed by atoms with van der Waals surface area (Å²) in [6.45, 7) is 2.82. The van der Waals surface area contributed by atoms with Gasteiger partial charge in [0.05, 0.1) is 42.4 Å². The molecule has 1 aliphatic rings. The van der Waals surface area contributed by atoms with E-state index < -0.39 is 0 Å². The summed E-state index contributed by atoms with van der Waals surface area (Å²) < 4.78 is 11.5. The van der Waals surface area contributed by atoms with Crippen LogP contribution < -0.4 is 20.1 Å². The van der Waals surface area contributed by atoms with Crippen LogP contribution in [0.2, 0.25) is 0 Å². The van der Waals surface area contributed by atoms with Crippen LogP contribution in [0.5, 0.6) is 17.4 Å². The van der Waals surface area contributed by atoms with Crippen LogP contribution >= 0.6 is 0 Å². The molecular formula is C22H25N3O3. The smallest absolute Gasteiger partial charge is 0.196 e. The number of para-hydroxylation sites is 2. The molecule has 0 amide bonds. The first kappa shape index (κ1) is 18.1. The average molecular weight is 379 g/mol. The van der Waals surface area contributed by atoms with Crippen LogP contribution in [-0.2, 0) is 0 Å². The summed E-state index contributed by atoms with van der Waals surface area (Å²) in [5.41, 5.74) is 4.39. The molecule has 6 heteroatoms. The summed E-state index contributed by atoms with van der Waals surface area (Å²) in [7, 11) is 1.65. The predicted octanol–water partition coefficient (Wildman–Crippen LogP) is 5.17.